The predicted molar refractivity (Wildman–Crippen MR) is 74.9 cm³/mol. The van der Waals surface area contributed by atoms with Gasteiger partial charge in [0.2, 0.25) is 0 Å². The molecular weight excluding hydrogens is 264 g/mol. The second-order valence-electron chi connectivity index (χ2n) is 4.26. The highest BCUT2D eigenvalue weighted by Crippen LogP contribution is 2.31. The Morgan fingerprint density at radius 2 is 2.21 bits per heavy atom. The summed E-state index contributed by atoms with van der Waals surface area (Å²) >= 11 is 4.97. The molecule has 6 nitrogen and oxygen atoms in total. The molecule has 7 heteroatoms. The molecule has 0 bridgehead atoms. The monoisotopic (exact) mass is 280 g/mol. The van der Waals surface area contributed by atoms with Crippen LogP contribution in [0.2, 0.25) is 0 Å². The van der Waals surface area contributed by atoms with E-state index in [1.807, 2.05) is 4.90 Å². The third kappa shape index (κ3) is 3.37. The predicted octanol–water partition coefficient (Wildman–Crippen LogP) is 0.643. The van der Waals surface area contributed by atoms with Crippen LogP contribution in [-0.4, -0.2) is 40.1 Å². The van der Waals surface area contributed by atoms with Gasteiger partial charge in [-0.25, -0.2) is 9.97 Å². The van der Waals surface area contributed by atoms with Crippen LogP contribution >= 0.6 is 12.2 Å². The second-order valence-corrected chi connectivity index (χ2v) is 4.70. The minimum Gasteiger partial charge on any atom is -0.465 e. The van der Waals surface area contributed by atoms with Crippen LogP contribution in [0.5, 0.6) is 0 Å². The lowest BCUT2D eigenvalue weighted by molar-refractivity contribution is -0.141. The molecule has 1 saturated carbocycles. The van der Waals surface area contributed by atoms with Gasteiger partial charge in [0.25, 0.3) is 0 Å². The van der Waals surface area contributed by atoms with Gasteiger partial charge in [0.05, 0.1) is 6.61 Å². The average molecular weight is 280 g/mol. The standard InChI is InChI=1S/C12H16N4O2S/c1-2-18-9(17)7-16(8-3-4-8)12-10(11(13)19)14-5-6-15-12/h5-6,8H,2-4,7H2,1H3,(H2,13,19). The maximum Gasteiger partial charge on any atom is 0.325 e. The number of ether oxygens (including phenoxy) is 1. The fourth-order valence-corrected chi connectivity index (χ4v) is 1.97. The van der Waals surface area contributed by atoms with Crippen molar-refractivity contribution in [1.29, 1.82) is 0 Å². The van der Waals surface area contributed by atoms with E-state index in [0.29, 0.717) is 18.1 Å². The number of hydrogen-bond donors (Lipinski definition) is 1. The molecule has 2 N–H and O–H groups in total. The molecule has 0 aliphatic heterocycles. The Morgan fingerprint density at radius 3 is 2.79 bits per heavy atom. The molecule has 0 saturated heterocycles. The number of rotatable bonds is 6. The summed E-state index contributed by atoms with van der Waals surface area (Å²) in [5.74, 6) is 0.277. The number of aromatic nitrogens is 2. The van der Waals surface area contributed by atoms with Crippen LogP contribution in [0.3, 0.4) is 0 Å². The van der Waals surface area contributed by atoms with Gasteiger partial charge in [0.15, 0.2) is 5.82 Å². The van der Waals surface area contributed by atoms with Crippen molar-refractivity contribution in [2.75, 3.05) is 18.1 Å². The van der Waals surface area contributed by atoms with Gasteiger partial charge in [0.1, 0.15) is 17.2 Å². The summed E-state index contributed by atoms with van der Waals surface area (Å²) in [6, 6.07) is 0.286. The Morgan fingerprint density at radius 1 is 1.53 bits per heavy atom. The summed E-state index contributed by atoms with van der Waals surface area (Å²) in [6.07, 6.45) is 5.14. The van der Waals surface area contributed by atoms with Gasteiger partial charge >= 0.3 is 5.97 Å². The third-order valence-corrected chi connectivity index (χ3v) is 2.97. The van der Waals surface area contributed by atoms with Gasteiger partial charge < -0.3 is 15.4 Å². The number of thiocarbonyl (C=S) groups is 1. The highest BCUT2D eigenvalue weighted by molar-refractivity contribution is 7.80. The lowest BCUT2D eigenvalue weighted by atomic mass is 10.3. The van der Waals surface area contributed by atoms with Crippen molar-refractivity contribution in [2.45, 2.75) is 25.8 Å². The lowest BCUT2D eigenvalue weighted by Crippen LogP contribution is -2.35. The van der Waals surface area contributed by atoms with E-state index < -0.39 is 0 Å². The zero-order chi connectivity index (χ0) is 13.8. The Kier molecular flexibility index (Phi) is 4.26. The highest BCUT2D eigenvalue weighted by Gasteiger charge is 2.33. The first-order chi connectivity index (χ1) is 9.13. The van der Waals surface area contributed by atoms with Gasteiger partial charge in [0, 0.05) is 18.4 Å². The first-order valence-corrected chi connectivity index (χ1v) is 6.57. The molecule has 0 atom stereocenters. The number of nitrogens with two attached hydrogens (primary N) is 1. The van der Waals surface area contributed by atoms with E-state index in [9.17, 15) is 4.79 Å². The van der Waals surface area contributed by atoms with E-state index in [2.05, 4.69) is 9.97 Å². The maximum absolute atomic E-state index is 11.7. The van der Waals surface area contributed by atoms with Crippen LogP contribution in [0.25, 0.3) is 0 Å². The molecule has 0 radical (unpaired) electrons. The lowest BCUT2D eigenvalue weighted by Gasteiger charge is -2.23. The normalized spacial score (nSPS) is 13.9. The van der Waals surface area contributed by atoms with Crippen molar-refractivity contribution in [1.82, 2.24) is 9.97 Å². The molecule has 1 heterocycles. The van der Waals surface area contributed by atoms with Gasteiger partial charge in [-0.3, -0.25) is 4.79 Å². The molecule has 0 amide bonds. The molecular formula is C12H16N4O2S. The van der Waals surface area contributed by atoms with E-state index >= 15 is 0 Å². The molecule has 19 heavy (non-hydrogen) atoms. The molecule has 0 unspecified atom stereocenters. The van der Waals surface area contributed by atoms with Gasteiger partial charge in [-0.2, -0.15) is 0 Å². The Balaban J connectivity index is 2.24. The SMILES string of the molecule is CCOC(=O)CN(c1nccnc1C(N)=S)C1CC1. The van der Waals surface area contributed by atoms with E-state index in [4.69, 9.17) is 22.7 Å². The molecule has 1 aromatic rings. The Hall–Kier alpha value is -1.76. The molecule has 1 aliphatic rings. The zero-order valence-corrected chi connectivity index (χ0v) is 11.5. The van der Waals surface area contributed by atoms with Crippen LogP contribution in [0.4, 0.5) is 5.82 Å². The summed E-state index contributed by atoms with van der Waals surface area (Å²) in [6.45, 7) is 2.29. The van der Waals surface area contributed by atoms with Crippen molar-refractivity contribution in [3.05, 3.63) is 18.1 Å². The quantitative estimate of drug-likeness (QED) is 0.605. The highest BCUT2D eigenvalue weighted by atomic mass is 32.1. The van der Waals surface area contributed by atoms with Crippen LogP contribution in [0.1, 0.15) is 25.5 Å². The topological polar surface area (TPSA) is 81.3 Å². The van der Waals surface area contributed by atoms with E-state index in [1.165, 1.54) is 6.20 Å². The average Bonchev–Trinajstić information content (AvgIpc) is 3.20. The van der Waals surface area contributed by atoms with Gasteiger partial charge in [-0.1, -0.05) is 12.2 Å². The number of hydrogen-bond acceptors (Lipinski definition) is 6. The molecule has 0 spiro atoms. The summed E-state index contributed by atoms with van der Waals surface area (Å²) in [5, 5.41) is 0. The summed E-state index contributed by atoms with van der Waals surface area (Å²) in [7, 11) is 0. The van der Waals surface area contributed by atoms with Crippen LogP contribution < -0.4 is 10.6 Å². The fourth-order valence-electron chi connectivity index (χ4n) is 1.82. The number of esters is 1. The summed E-state index contributed by atoms with van der Waals surface area (Å²) in [4.78, 5) is 22.1. The fraction of sp³-hybridized carbons (Fsp3) is 0.500. The van der Waals surface area contributed by atoms with E-state index in [-0.39, 0.29) is 23.5 Å². The Bertz CT molecular complexity index is 490. The van der Waals surface area contributed by atoms with Gasteiger partial charge in [-0.05, 0) is 19.8 Å². The Labute approximate surface area is 117 Å². The first-order valence-electron chi connectivity index (χ1n) is 6.16. The van der Waals surface area contributed by atoms with Crippen molar-refractivity contribution in [3.63, 3.8) is 0 Å². The van der Waals surface area contributed by atoms with Gasteiger partial charge in [-0.15, -0.1) is 0 Å². The first kappa shape index (κ1) is 13.7. The molecule has 1 aromatic heterocycles. The maximum atomic E-state index is 11.7. The zero-order valence-electron chi connectivity index (χ0n) is 10.7. The molecule has 1 fully saturated rings. The van der Waals surface area contributed by atoms with Crippen LogP contribution in [-0.2, 0) is 9.53 Å². The number of nitrogens with zero attached hydrogens (tertiary/aromatic N) is 3. The molecule has 102 valence electrons. The summed E-state index contributed by atoms with van der Waals surface area (Å²) < 4.78 is 4.98. The third-order valence-electron chi connectivity index (χ3n) is 2.78. The minimum atomic E-state index is -0.283. The summed E-state index contributed by atoms with van der Waals surface area (Å²) in [5.41, 5.74) is 6.10. The number of carbonyl (C=O) groups is 1. The van der Waals surface area contributed by atoms with Crippen molar-refractivity contribution in [3.8, 4) is 0 Å². The molecule has 0 aromatic carbocycles. The largest absolute Gasteiger partial charge is 0.465 e. The van der Waals surface area contributed by atoms with Crippen LogP contribution in [0, 0.1) is 0 Å². The number of carbonyl (C=O) groups excluding carboxylic acids is 1. The molecule has 1 aliphatic carbocycles. The van der Waals surface area contributed by atoms with Crippen molar-refractivity contribution >= 4 is 29.0 Å². The van der Waals surface area contributed by atoms with Crippen LogP contribution in [0.15, 0.2) is 12.4 Å². The smallest absolute Gasteiger partial charge is 0.325 e. The second kappa shape index (κ2) is 5.92. The minimum absolute atomic E-state index is 0.146. The molecule has 2 rings (SSSR count). The van der Waals surface area contributed by atoms with E-state index in [1.54, 1.807) is 13.1 Å². The number of anilines is 1. The van der Waals surface area contributed by atoms with Crippen molar-refractivity contribution < 1.29 is 9.53 Å². The van der Waals surface area contributed by atoms with E-state index in [0.717, 1.165) is 12.8 Å². The van der Waals surface area contributed by atoms with Crippen molar-refractivity contribution in [2.24, 2.45) is 5.73 Å².